The second-order valence-electron chi connectivity index (χ2n) is 19.2. The summed E-state index contributed by atoms with van der Waals surface area (Å²) in [7, 11) is 0. The number of benzene rings is 8. The molecule has 0 saturated carbocycles. The van der Waals surface area contributed by atoms with Gasteiger partial charge in [-0.25, -0.2) is 0 Å². The Labute approximate surface area is 435 Å². The van der Waals surface area contributed by atoms with Crippen LogP contribution in [0.25, 0.3) is 89.3 Å². The van der Waals surface area contributed by atoms with Crippen molar-refractivity contribution in [2.24, 2.45) is 0 Å². The van der Waals surface area contributed by atoms with Crippen molar-refractivity contribution in [3.8, 4) is 45.3 Å². The van der Waals surface area contributed by atoms with Gasteiger partial charge in [-0.15, -0.1) is 53.6 Å². The molecule has 0 aliphatic rings. The zero-order chi connectivity index (χ0) is 53.1. The largest absolute Gasteiger partial charge is 0.501 e. The first kappa shape index (κ1) is 41.0. The molecule has 353 valence electrons. The van der Waals surface area contributed by atoms with Crippen LogP contribution in [0.5, 0.6) is 0 Å². The summed E-state index contributed by atoms with van der Waals surface area (Å²) in [6.45, 7) is 13.0. The van der Waals surface area contributed by atoms with Gasteiger partial charge in [0.25, 0.3) is 0 Å². The van der Waals surface area contributed by atoms with E-state index in [-0.39, 0.29) is 43.1 Å². The monoisotopic (exact) mass is 1100 g/mol. The van der Waals surface area contributed by atoms with Gasteiger partial charge in [0.15, 0.2) is 0 Å². The predicted octanol–water partition coefficient (Wildman–Crippen LogP) is 17.7. The predicted molar refractivity (Wildman–Crippen MR) is 289 cm³/mol. The van der Waals surface area contributed by atoms with Crippen LogP contribution in [-0.2, 0) is 20.1 Å². The summed E-state index contributed by atoms with van der Waals surface area (Å²) in [5.41, 5.74) is 15.9. The van der Waals surface area contributed by atoms with Crippen molar-refractivity contribution in [2.75, 3.05) is 0 Å². The van der Waals surface area contributed by atoms with Gasteiger partial charge in [0.1, 0.15) is 5.58 Å². The van der Waals surface area contributed by atoms with Crippen LogP contribution in [0.15, 0.2) is 162 Å². The molecule has 1 radical (unpaired) electrons. The van der Waals surface area contributed by atoms with Gasteiger partial charge in [0, 0.05) is 45.1 Å². The Bertz CT molecular complexity index is 3830. The quantitative estimate of drug-likeness (QED) is 0.135. The van der Waals surface area contributed by atoms with Crippen molar-refractivity contribution >= 4 is 44.0 Å². The van der Waals surface area contributed by atoms with Crippen LogP contribution in [0, 0.1) is 25.8 Å². The summed E-state index contributed by atoms with van der Waals surface area (Å²) >= 11 is 0. The molecule has 0 aliphatic carbocycles. The maximum absolute atomic E-state index is 8.26. The first-order valence-corrected chi connectivity index (χ1v) is 24.0. The third-order valence-corrected chi connectivity index (χ3v) is 13.2. The second-order valence-corrected chi connectivity index (χ2v) is 19.2. The summed E-state index contributed by atoms with van der Waals surface area (Å²) in [5.74, 6) is 2.67. The molecule has 3 heterocycles. The number of rotatable bonds is 9. The van der Waals surface area contributed by atoms with Crippen LogP contribution in [0.1, 0.15) is 121 Å². The van der Waals surface area contributed by atoms with Crippen molar-refractivity contribution < 1.29 is 32.7 Å². The van der Waals surface area contributed by atoms with E-state index in [1.165, 1.54) is 46.1 Å². The van der Waals surface area contributed by atoms with Gasteiger partial charge < -0.3 is 13.6 Å². The van der Waals surface area contributed by atoms with Gasteiger partial charge in [0.2, 0.25) is 0 Å². The Hall–Kier alpha value is -6.85. The van der Waals surface area contributed by atoms with E-state index in [4.69, 9.17) is 22.6 Å². The van der Waals surface area contributed by atoms with Crippen molar-refractivity contribution in [1.29, 1.82) is 0 Å². The zero-order valence-electron chi connectivity index (χ0n) is 46.9. The maximum atomic E-state index is 8.26. The molecule has 3 aromatic heterocycles. The zero-order valence-corrected chi connectivity index (χ0v) is 43.2. The Morgan fingerprint density at radius 2 is 1.10 bits per heavy atom. The van der Waals surface area contributed by atoms with Gasteiger partial charge in [-0.1, -0.05) is 158 Å². The maximum Gasteiger partial charge on any atom is 0.121 e. The number of furan rings is 1. The fourth-order valence-electron chi connectivity index (χ4n) is 9.76. The molecule has 0 spiro atoms. The van der Waals surface area contributed by atoms with E-state index in [1.807, 2.05) is 36.4 Å². The second kappa shape index (κ2) is 19.9. The molecule has 0 saturated heterocycles. The molecule has 5 nitrogen and oxygen atoms in total. The summed E-state index contributed by atoms with van der Waals surface area (Å²) < 4.78 is 59.3. The smallest absolute Gasteiger partial charge is 0.121 e. The van der Waals surface area contributed by atoms with Crippen LogP contribution in [0.3, 0.4) is 0 Å². The van der Waals surface area contributed by atoms with Crippen molar-refractivity contribution in [2.45, 2.75) is 92.8 Å². The van der Waals surface area contributed by atoms with E-state index < -0.39 is 13.7 Å². The summed E-state index contributed by atoms with van der Waals surface area (Å²) in [5, 5.41) is 0.947. The van der Waals surface area contributed by atoms with Crippen molar-refractivity contribution in [3.05, 3.63) is 203 Å². The first-order valence-electron chi connectivity index (χ1n) is 27.0. The van der Waals surface area contributed by atoms with Gasteiger partial charge in [-0.05, 0) is 112 Å². The minimum atomic E-state index is -2.44. The van der Waals surface area contributed by atoms with E-state index in [1.54, 1.807) is 6.07 Å². The molecule has 0 atom stereocenters. The molecule has 0 N–H and O–H groups in total. The molecular weight excluding hydrogens is 1030 g/mol. The SMILES string of the molecule is CC(C)c1cc(-c2ccccc2)cc(C(C)C)c1-n1c(-c2[c-]cccc2)nc2ccccc21.[2H]C([2H])([2H])c1ccc2c(c1)oc1c(-c3nc4ccccc4n3-c3c(C(C)C)cccc3C(C)C)[c-]cc(C([2H])([2H])[2H])c12.[Ir]. The average molecular weight is 1100 g/mol. The molecule has 70 heavy (non-hydrogen) atoms. The van der Waals surface area contributed by atoms with Crippen LogP contribution in [0.2, 0.25) is 0 Å². The summed E-state index contributed by atoms with van der Waals surface area (Å²) in [6, 6.07) is 59.0. The number of para-hydroxylation sites is 5. The number of fused-ring (bicyclic) bond motifs is 5. The number of nitrogens with zero attached hydrogens (tertiary/aromatic N) is 4. The molecule has 0 aliphatic heterocycles. The third-order valence-electron chi connectivity index (χ3n) is 13.2. The van der Waals surface area contributed by atoms with Crippen LogP contribution < -0.4 is 0 Å². The Morgan fingerprint density at radius 1 is 0.529 bits per heavy atom. The Morgan fingerprint density at radius 3 is 1.69 bits per heavy atom. The van der Waals surface area contributed by atoms with Gasteiger partial charge in [-0.3, -0.25) is 9.97 Å². The number of aryl methyl sites for hydroxylation is 2. The van der Waals surface area contributed by atoms with E-state index in [9.17, 15) is 0 Å². The molecular formula is C64H60IrN4O-2. The minimum absolute atomic E-state index is 0. The molecule has 6 heteroatoms. The minimum Gasteiger partial charge on any atom is -0.501 e. The molecule has 11 aromatic rings. The Balaban J connectivity index is 0.000000188. The fraction of sp³-hybridized carbons (Fsp3) is 0.219. The van der Waals surface area contributed by atoms with E-state index in [2.05, 4.69) is 174 Å². The normalized spacial score (nSPS) is 13.3. The first-order chi connectivity index (χ1) is 35.8. The van der Waals surface area contributed by atoms with E-state index in [0.717, 1.165) is 50.3 Å². The number of hydrogen-bond donors (Lipinski definition) is 0. The fourth-order valence-corrected chi connectivity index (χ4v) is 9.76. The molecule has 0 amide bonds. The van der Waals surface area contributed by atoms with Crippen LogP contribution >= 0.6 is 0 Å². The topological polar surface area (TPSA) is 48.8 Å². The third kappa shape index (κ3) is 8.73. The van der Waals surface area contributed by atoms with E-state index >= 15 is 0 Å². The van der Waals surface area contributed by atoms with Gasteiger partial charge in [-0.2, -0.15) is 0 Å². The van der Waals surface area contributed by atoms with Crippen molar-refractivity contribution in [1.82, 2.24) is 19.1 Å². The molecule has 0 fully saturated rings. The number of hydrogen-bond acceptors (Lipinski definition) is 3. The molecule has 8 aromatic carbocycles. The summed E-state index contributed by atoms with van der Waals surface area (Å²) in [4.78, 5) is 10.1. The number of imidazole rings is 2. The summed E-state index contributed by atoms with van der Waals surface area (Å²) in [6.07, 6.45) is 0. The molecule has 0 unspecified atom stereocenters. The van der Waals surface area contributed by atoms with Crippen molar-refractivity contribution in [3.63, 3.8) is 0 Å². The van der Waals surface area contributed by atoms with E-state index in [0.29, 0.717) is 45.2 Å². The van der Waals surface area contributed by atoms with Crippen LogP contribution in [0.4, 0.5) is 0 Å². The molecule has 0 bridgehead atoms. The molecule has 11 rings (SSSR count). The Kier molecular flexibility index (Phi) is 11.6. The van der Waals surface area contributed by atoms with Gasteiger partial charge in [0.05, 0.1) is 39.3 Å². The average Bonchev–Trinajstić information content (AvgIpc) is 4.14. The van der Waals surface area contributed by atoms with Crippen LogP contribution in [-0.4, -0.2) is 19.1 Å². The van der Waals surface area contributed by atoms with Gasteiger partial charge >= 0.3 is 0 Å². The standard InChI is InChI=1S/C33H31N2O.C31H29N2.Ir/c1-19(2)23-10-9-11-24(20(3)4)31(23)35-28-13-8-7-12-27(28)34-33(35)26-17-15-22(6)30-25-16-14-21(5)18-29(25)36-32(26)30;1-21(2)26-19-25(23-13-7-5-8-14-23)20-27(22(3)4)30(26)33-29-18-12-11-17-28(29)32-31(33)24-15-9-6-10-16-24;/h7-16,18-20H,1-6H3;5-15,17-22H,1-4H3;/q2*-1;/i5D3,6D3;;. The number of aromatic nitrogens is 4.